The number of hydrogen-bond donors (Lipinski definition) is 2. The van der Waals surface area contributed by atoms with Gasteiger partial charge in [-0.05, 0) is 23.6 Å². The second-order valence-electron chi connectivity index (χ2n) is 4.14. The number of rotatable bonds is 4. The predicted molar refractivity (Wildman–Crippen MR) is 77.3 cm³/mol. The molecular weight excluding hydrogens is 272 g/mol. The third-order valence-corrected chi connectivity index (χ3v) is 3.63. The molecule has 0 fully saturated rings. The number of nitrogens with one attached hydrogen (secondary N) is 2. The Morgan fingerprint density at radius 3 is 2.90 bits per heavy atom. The first-order valence-corrected chi connectivity index (χ1v) is 6.97. The molecule has 1 amide bonds. The molecule has 2 N–H and O–H groups in total. The average Bonchev–Trinajstić information content (AvgIpc) is 3.17. The lowest BCUT2D eigenvalue weighted by Gasteiger charge is -2.00. The highest BCUT2D eigenvalue weighted by Crippen LogP contribution is 2.14. The monoisotopic (exact) mass is 284 g/mol. The normalized spacial score (nSPS) is 10.4. The Morgan fingerprint density at radius 1 is 1.30 bits per heavy atom. The average molecular weight is 284 g/mol. The molecule has 0 saturated heterocycles. The second-order valence-corrected chi connectivity index (χ2v) is 5.08. The van der Waals surface area contributed by atoms with Crippen molar-refractivity contribution in [2.24, 2.45) is 0 Å². The van der Waals surface area contributed by atoms with Crippen LogP contribution in [0.25, 0.3) is 11.4 Å². The van der Waals surface area contributed by atoms with Crippen molar-refractivity contribution in [1.29, 1.82) is 0 Å². The summed E-state index contributed by atoms with van der Waals surface area (Å²) in [5.74, 6) is 0.696. The predicted octanol–water partition coefficient (Wildman–Crippen LogP) is 2.46. The third kappa shape index (κ3) is 2.75. The van der Waals surface area contributed by atoms with Gasteiger partial charge in [0, 0.05) is 24.2 Å². The largest absolute Gasteiger partial charge is 0.346 e. The maximum Gasteiger partial charge on any atom is 0.261 e. The van der Waals surface area contributed by atoms with Crippen LogP contribution in [0, 0.1) is 0 Å². The zero-order chi connectivity index (χ0) is 13.8. The molecule has 0 bridgehead atoms. The molecule has 5 nitrogen and oxygen atoms in total. The molecule has 6 heteroatoms. The van der Waals surface area contributed by atoms with Crippen LogP contribution in [0.5, 0.6) is 0 Å². The van der Waals surface area contributed by atoms with E-state index < -0.39 is 0 Å². The van der Waals surface area contributed by atoms with Crippen molar-refractivity contribution in [3.05, 3.63) is 58.8 Å². The van der Waals surface area contributed by atoms with E-state index in [-0.39, 0.29) is 5.91 Å². The maximum absolute atomic E-state index is 11.8. The number of H-pyrrole nitrogens is 1. The number of aromatic amines is 1. The molecule has 0 atom stereocenters. The van der Waals surface area contributed by atoms with Crippen LogP contribution in [0.3, 0.4) is 0 Å². The zero-order valence-corrected chi connectivity index (χ0v) is 11.4. The lowest BCUT2D eigenvalue weighted by Crippen LogP contribution is -2.21. The molecule has 0 aromatic carbocycles. The van der Waals surface area contributed by atoms with Crippen LogP contribution < -0.4 is 5.32 Å². The molecular formula is C14H12N4OS. The third-order valence-electron chi connectivity index (χ3n) is 2.76. The van der Waals surface area contributed by atoms with Gasteiger partial charge in [0.15, 0.2) is 0 Å². The summed E-state index contributed by atoms with van der Waals surface area (Å²) in [5.41, 5.74) is 1.76. The minimum absolute atomic E-state index is 0.0755. The highest BCUT2D eigenvalue weighted by atomic mass is 32.1. The van der Waals surface area contributed by atoms with E-state index in [1.165, 1.54) is 11.3 Å². The van der Waals surface area contributed by atoms with Gasteiger partial charge >= 0.3 is 0 Å². The summed E-state index contributed by atoms with van der Waals surface area (Å²) < 4.78 is 0. The smallest absolute Gasteiger partial charge is 0.261 e. The topological polar surface area (TPSA) is 70.7 Å². The van der Waals surface area contributed by atoms with E-state index in [4.69, 9.17) is 0 Å². The summed E-state index contributed by atoms with van der Waals surface area (Å²) in [6.45, 7) is 0.401. The Kier molecular flexibility index (Phi) is 3.56. The second kappa shape index (κ2) is 5.66. The van der Waals surface area contributed by atoms with E-state index in [9.17, 15) is 4.79 Å². The van der Waals surface area contributed by atoms with Crippen LogP contribution in [0.2, 0.25) is 0 Å². The first kappa shape index (κ1) is 12.6. The molecule has 0 unspecified atom stereocenters. The fraction of sp³-hybridized carbons (Fsp3) is 0.0714. The summed E-state index contributed by atoms with van der Waals surface area (Å²) in [6.07, 6.45) is 5.23. The van der Waals surface area contributed by atoms with Crippen LogP contribution in [0.4, 0.5) is 0 Å². The Morgan fingerprint density at radius 2 is 2.15 bits per heavy atom. The summed E-state index contributed by atoms with van der Waals surface area (Å²) in [6, 6.07) is 7.42. The van der Waals surface area contributed by atoms with Gasteiger partial charge in [0.05, 0.1) is 17.1 Å². The van der Waals surface area contributed by atoms with E-state index in [1.54, 1.807) is 24.7 Å². The standard InChI is InChI=1S/C14H12N4OS/c19-14(12-2-1-7-20-12)17-9-11-8-16-13(18-11)10-3-5-15-6-4-10/h1-8H,9H2,(H,16,18)(H,17,19). The number of pyridine rings is 1. The summed E-state index contributed by atoms with van der Waals surface area (Å²) >= 11 is 1.42. The number of amides is 1. The fourth-order valence-corrected chi connectivity index (χ4v) is 2.41. The first-order valence-electron chi connectivity index (χ1n) is 6.09. The van der Waals surface area contributed by atoms with E-state index >= 15 is 0 Å². The number of aromatic nitrogens is 3. The lowest BCUT2D eigenvalue weighted by molar-refractivity contribution is 0.0954. The molecule has 0 radical (unpaired) electrons. The van der Waals surface area contributed by atoms with E-state index in [0.717, 1.165) is 17.1 Å². The molecule has 0 spiro atoms. The van der Waals surface area contributed by atoms with Crippen LogP contribution >= 0.6 is 11.3 Å². The SMILES string of the molecule is O=C(NCc1c[nH]c(-c2ccncc2)n1)c1cccs1. The summed E-state index contributed by atoms with van der Waals surface area (Å²) in [7, 11) is 0. The number of carbonyl (C=O) groups is 1. The molecule has 0 aliphatic rings. The van der Waals surface area contributed by atoms with Crippen molar-refractivity contribution in [1.82, 2.24) is 20.3 Å². The van der Waals surface area contributed by atoms with E-state index in [1.807, 2.05) is 23.6 Å². The van der Waals surface area contributed by atoms with Gasteiger partial charge in [0.1, 0.15) is 5.82 Å². The van der Waals surface area contributed by atoms with Gasteiger partial charge in [-0.2, -0.15) is 0 Å². The van der Waals surface area contributed by atoms with Gasteiger partial charge in [0.25, 0.3) is 5.91 Å². The van der Waals surface area contributed by atoms with Crippen molar-refractivity contribution in [3.63, 3.8) is 0 Å². The lowest BCUT2D eigenvalue weighted by atomic mass is 10.2. The molecule has 3 aromatic rings. The van der Waals surface area contributed by atoms with Gasteiger partial charge in [-0.25, -0.2) is 4.98 Å². The quantitative estimate of drug-likeness (QED) is 0.773. The van der Waals surface area contributed by atoms with Gasteiger partial charge in [-0.1, -0.05) is 6.07 Å². The fourth-order valence-electron chi connectivity index (χ4n) is 1.77. The molecule has 20 heavy (non-hydrogen) atoms. The van der Waals surface area contributed by atoms with Crippen LogP contribution in [-0.2, 0) is 6.54 Å². The van der Waals surface area contributed by atoms with Crippen molar-refractivity contribution in [3.8, 4) is 11.4 Å². The maximum atomic E-state index is 11.8. The number of carbonyl (C=O) groups excluding carboxylic acids is 1. The Balaban J connectivity index is 1.65. The van der Waals surface area contributed by atoms with Crippen LogP contribution in [-0.4, -0.2) is 20.9 Å². The van der Waals surface area contributed by atoms with E-state index in [0.29, 0.717) is 11.4 Å². The Hall–Kier alpha value is -2.47. The summed E-state index contributed by atoms with van der Waals surface area (Å²) in [4.78, 5) is 24.0. The number of thiophene rings is 1. The minimum Gasteiger partial charge on any atom is -0.346 e. The van der Waals surface area contributed by atoms with Gasteiger partial charge < -0.3 is 10.3 Å². The van der Waals surface area contributed by atoms with Gasteiger partial charge in [-0.3, -0.25) is 9.78 Å². The molecule has 100 valence electrons. The Labute approximate surface area is 119 Å². The van der Waals surface area contributed by atoms with Crippen molar-refractivity contribution in [2.45, 2.75) is 6.54 Å². The highest BCUT2D eigenvalue weighted by molar-refractivity contribution is 7.12. The minimum atomic E-state index is -0.0755. The molecule has 3 aromatic heterocycles. The highest BCUT2D eigenvalue weighted by Gasteiger charge is 2.08. The first-order chi connectivity index (χ1) is 9.83. The van der Waals surface area contributed by atoms with Gasteiger partial charge in [-0.15, -0.1) is 11.3 Å². The van der Waals surface area contributed by atoms with Crippen molar-refractivity contribution < 1.29 is 4.79 Å². The number of nitrogens with zero attached hydrogens (tertiary/aromatic N) is 2. The zero-order valence-electron chi connectivity index (χ0n) is 10.5. The molecule has 3 rings (SSSR count). The van der Waals surface area contributed by atoms with Crippen molar-refractivity contribution in [2.75, 3.05) is 0 Å². The van der Waals surface area contributed by atoms with Gasteiger partial charge in [0.2, 0.25) is 0 Å². The molecule has 0 saturated carbocycles. The van der Waals surface area contributed by atoms with Crippen LogP contribution in [0.15, 0.2) is 48.2 Å². The number of imidazole rings is 1. The van der Waals surface area contributed by atoms with Crippen molar-refractivity contribution >= 4 is 17.2 Å². The van der Waals surface area contributed by atoms with E-state index in [2.05, 4.69) is 20.3 Å². The molecule has 0 aliphatic carbocycles. The number of hydrogen-bond acceptors (Lipinski definition) is 4. The molecule has 0 aliphatic heterocycles. The molecule has 3 heterocycles. The summed E-state index contributed by atoms with van der Waals surface area (Å²) in [5, 5.41) is 4.72. The van der Waals surface area contributed by atoms with Crippen LogP contribution in [0.1, 0.15) is 15.4 Å². The Bertz CT molecular complexity index is 691.